The molecule has 20 heavy (non-hydrogen) atoms. The fourth-order valence-corrected chi connectivity index (χ4v) is 5.18. The molecule has 0 saturated heterocycles. The summed E-state index contributed by atoms with van der Waals surface area (Å²) < 4.78 is 12.6. The maximum absolute atomic E-state index is 12.6. The van der Waals surface area contributed by atoms with Gasteiger partial charge >= 0.3 is 0 Å². The first-order chi connectivity index (χ1) is 9.76. The normalized spacial score (nSPS) is 28.2. The van der Waals surface area contributed by atoms with Gasteiger partial charge in [-0.05, 0) is 44.2 Å². The highest BCUT2D eigenvalue weighted by Gasteiger charge is 2.33. The molecule has 0 aromatic heterocycles. The Labute approximate surface area is 125 Å². The third kappa shape index (κ3) is 3.92. The van der Waals surface area contributed by atoms with E-state index < -0.39 is 10.8 Å². The number of nitrogens with one attached hydrogen (secondary N) is 1. The summed E-state index contributed by atoms with van der Waals surface area (Å²) in [5, 5.41) is 3.70. The molecule has 1 fully saturated rings. The van der Waals surface area contributed by atoms with Gasteiger partial charge in [0.15, 0.2) is 0 Å². The zero-order chi connectivity index (χ0) is 14.4. The minimum absolute atomic E-state index is 0.311. The van der Waals surface area contributed by atoms with E-state index in [9.17, 15) is 4.21 Å². The van der Waals surface area contributed by atoms with Crippen molar-refractivity contribution in [3.05, 3.63) is 35.9 Å². The lowest BCUT2D eigenvalue weighted by molar-refractivity contribution is 0.364. The monoisotopic (exact) mass is 293 g/mol. The van der Waals surface area contributed by atoms with Crippen LogP contribution in [-0.2, 0) is 10.8 Å². The van der Waals surface area contributed by atoms with Crippen LogP contribution < -0.4 is 5.32 Å². The van der Waals surface area contributed by atoms with Crippen LogP contribution in [0.1, 0.15) is 50.5 Å². The molecule has 3 heteroatoms. The molecule has 1 aliphatic rings. The van der Waals surface area contributed by atoms with E-state index in [1.54, 1.807) is 0 Å². The Morgan fingerprint density at radius 1 is 1.25 bits per heavy atom. The van der Waals surface area contributed by atoms with Crippen molar-refractivity contribution in [1.82, 2.24) is 5.32 Å². The topological polar surface area (TPSA) is 29.1 Å². The van der Waals surface area contributed by atoms with Gasteiger partial charge < -0.3 is 5.32 Å². The van der Waals surface area contributed by atoms with E-state index in [4.69, 9.17) is 0 Å². The Balaban J connectivity index is 2.05. The van der Waals surface area contributed by atoms with Crippen LogP contribution in [0.4, 0.5) is 0 Å². The van der Waals surface area contributed by atoms with Gasteiger partial charge in [-0.1, -0.05) is 43.7 Å². The predicted molar refractivity (Wildman–Crippen MR) is 87.6 cm³/mol. The van der Waals surface area contributed by atoms with Gasteiger partial charge in [0, 0.05) is 22.6 Å². The Hall–Kier alpha value is -0.670. The van der Waals surface area contributed by atoms with Crippen LogP contribution in [0.3, 0.4) is 0 Å². The van der Waals surface area contributed by atoms with Crippen molar-refractivity contribution in [3.63, 3.8) is 0 Å². The van der Waals surface area contributed by atoms with Crippen LogP contribution in [0.2, 0.25) is 0 Å². The fraction of sp³-hybridized carbons (Fsp3) is 0.647. The summed E-state index contributed by atoms with van der Waals surface area (Å²) in [6, 6.07) is 11.2. The lowest BCUT2D eigenvalue weighted by atomic mass is 9.81. The van der Waals surface area contributed by atoms with Crippen LogP contribution in [-0.4, -0.2) is 28.3 Å². The number of unbranched alkanes of at least 4 members (excludes halogenated alkanes) is 1. The highest BCUT2D eigenvalue weighted by molar-refractivity contribution is 7.85. The molecule has 0 amide bonds. The SMILES string of the molecule is CCCCS(=O)C1CC(c2ccccc2)CCC1NC. The zero-order valence-corrected chi connectivity index (χ0v) is 13.5. The lowest BCUT2D eigenvalue weighted by Gasteiger charge is -2.35. The predicted octanol–water partition coefficient (Wildman–Crippen LogP) is 3.46. The molecule has 1 N–H and O–H groups in total. The summed E-state index contributed by atoms with van der Waals surface area (Å²) in [4.78, 5) is 0. The van der Waals surface area contributed by atoms with Gasteiger partial charge in [0.1, 0.15) is 0 Å². The molecular formula is C17H27NOS. The maximum Gasteiger partial charge on any atom is 0.0506 e. The molecule has 0 bridgehead atoms. The highest BCUT2D eigenvalue weighted by Crippen LogP contribution is 2.35. The zero-order valence-electron chi connectivity index (χ0n) is 12.7. The lowest BCUT2D eigenvalue weighted by Crippen LogP contribution is -2.45. The van der Waals surface area contributed by atoms with Crippen LogP contribution in [0, 0.1) is 0 Å². The van der Waals surface area contributed by atoms with Crippen molar-refractivity contribution in [2.45, 2.75) is 56.2 Å². The van der Waals surface area contributed by atoms with Gasteiger partial charge in [-0.25, -0.2) is 0 Å². The third-order valence-corrected chi connectivity index (χ3v) is 6.36. The van der Waals surface area contributed by atoms with E-state index in [1.807, 2.05) is 7.05 Å². The van der Waals surface area contributed by atoms with Gasteiger partial charge in [-0.2, -0.15) is 0 Å². The van der Waals surface area contributed by atoms with Gasteiger partial charge in [0.05, 0.1) is 5.25 Å². The smallest absolute Gasteiger partial charge is 0.0506 e. The van der Waals surface area contributed by atoms with Crippen molar-refractivity contribution >= 4 is 10.8 Å². The molecule has 1 saturated carbocycles. The average molecular weight is 293 g/mol. The van der Waals surface area contributed by atoms with Crippen molar-refractivity contribution < 1.29 is 4.21 Å². The Morgan fingerprint density at radius 2 is 2.00 bits per heavy atom. The van der Waals surface area contributed by atoms with Crippen molar-refractivity contribution in [2.75, 3.05) is 12.8 Å². The maximum atomic E-state index is 12.6. The van der Waals surface area contributed by atoms with Crippen LogP contribution in [0.5, 0.6) is 0 Å². The summed E-state index contributed by atoms with van der Waals surface area (Å²) in [5.41, 5.74) is 1.42. The average Bonchev–Trinajstić information content (AvgIpc) is 2.52. The Kier molecular flexibility index (Phi) is 6.24. The Bertz CT molecular complexity index is 420. The van der Waals surface area contributed by atoms with E-state index in [-0.39, 0.29) is 0 Å². The molecule has 1 aromatic carbocycles. The minimum Gasteiger partial charge on any atom is -0.316 e. The number of rotatable bonds is 6. The largest absolute Gasteiger partial charge is 0.316 e. The molecule has 1 aliphatic carbocycles. The Morgan fingerprint density at radius 3 is 2.65 bits per heavy atom. The quantitative estimate of drug-likeness (QED) is 0.870. The summed E-state index contributed by atoms with van der Waals surface area (Å²) >= 11 is 0. The molecule has 2 rings (SSSR count). The van der Waals surface area contributed by atoms with Crippen molar-refractivity contribution in [1.29, 1.82) is 0 Å². The molecule has 0 radical (unpaired) electrons. The highest BCUT2D eigenvalue weighted by atomic mass is 32.2. The molecule has 0 aliphatic heterocycles. The van der Waals surface area contributed by atoms with E-state index in [2.05, 4.69) is 42.6 Å². The fourth-order valence-electron chi connectivity index (χ4n) is 3.22. The third-order valence-electron chi connectivity index (χ3n) is 4.47. The van der Waals surface area contributed by atoms with Gasteiger partial charge in [0.25, 0.3) is 0 Å². The van der Waals surface area contributed by atoms with E-state index >= 15 is 0 Å². The second-order valence-electron chi connectivity index (χ2n) is 5.79. The van der Waals surface area contributed by atoms with Crippen LogP contribution in [0.15, 0.2) is 30.3 Å². The molecular weight excluding hydrogens is 266 g/mol. The second kappa shape index (κ2) is 7.94. The number of benzene rings is 1. The minimum atomic E-state index is -0.693. The molecule has 0 heterocycles. The molecule has 4 atom stereocenters. The standard InChI is InChI=1S/C17H27NOS/c1-3-4-12-20(19)17-13-15(10-11-16(17)18-2)14-8-6-5-7-9-14/h5-9,15-18H,3-4,10-13H2,1-2H3. The molecule has 112 valence electrons. The number of hydrogen-bond acceptors (Lipinski definition) is 2. The summed E-state index contributed by atoms with van der Waals surface area (Å²) in [6.07, 6.45) is 5.61. The van der Waals surface area contributed by atoms with Gasteiger partial charge in [-0.15, -0.1) is 0 Å². The van der Waals surface area contributed by atoms with E-state index in [0.29, 0.717) is 17.2 Å². The van der Waals surface area contributed by atoms with E-state index in [1.165, 1.54) is 12.0 Å². The van der Waals surface area contributed by atoms with Crippen molar-refractivity contribution in [3.8, 4) is 0 Å². The summed E-state index contributed by atoms with van der Waals surface area (Å²) in [7, 11) is 1.32. The molecule has 0 spiro atoms. The molecule has 2 nitrogen and oxygen atoms in total. The summed E-state index contributed by atoms with van der Waals surface area (Å²) in [6.45, 7) is 2.17. The first kappa shape index (κ1) is 15.7. The second-order valence-corrected chi connectivity index (χ2v) is 7.57. The van der Waals surface area contributed by atoms with Gasteiger partial charge in [0.2, 0.25) is 0 Å². The molecule has 4 unspecified atom stereocenters. The van der Waals surface area contributed by atoms with Gasteiger partial charge in [-0.3, -0.25) is 4.21 Å². The van der Waals surface area contributed by atoms with Crippen molar-refractivity contribution in [2.24, 2.45) is 0 Å². The van der Waals surface area contributed by atoms with E-state index in [0.717, 1.165) is 31.4 Å². The number of hydrogen-bond donors (Lipinski definition) is 1. The first-order valence-corrected chi connectivity index (χ1v) is 9.23. The summed E-state index contributed by atoms with van der Waals surface area (Å²) in [5.74, 6) is 1.44. The first-order valence-electron chi connectivity index (χ1n) is 7.85. The molecule has 1 aromatic rings. The van der Waals surface area contributed by atoms with Crippen LogP contribution in [0.25, 0.3) is 0 Å². The van der Waals surface area contributed by atoms with Crippen LogP contribution >= 0.6 is 0 Å².